The van der Waals surface area contributed by atoms with Crippen LogP contribution in [-0.4, -0.2) is 56.1 Å². The highest BCUT2D eigenvalue weighted by Gasteiger charge is 2.20. The van der Waals surface area contributed by atoms with Gasteiger partial charge < -0.3 is 19.9 Å². The quantitative estimate of drug-likeness (QED) is 0.370. The van der Waals surface area contributed by atoms with Crippen LogP contribution in [0, 0.1) is 10.1 Å². The number of anilines is 1. The van der Waals surface area contributed by atoms with E-state index < -0.39 is 0 Å². The number of ether oxygens (including phenoxy) is 1. The van der Waals surface area contributed by atoms with Gasteiger partial charge in [-0.05, 0) is 17.7 Å². The van der Waals surface area contributed by atoms with Crippen molar-refractivity contribution in [2.45, 2.75) is 6.54 Å². The van der Waals surface area contributed by atoms with Gasteiger partial charge in [0, 0.05) is 63.7 Å². The number of piperazine rings is 1. The molecular weight excluding hydrogens is 358 g/mol. The molecule has 2 aromatic rings. The number of hydrogen-bond acceptors (Lipinski definition) is 5. The van der Waals surface area contributed by atoms with Crippen molar-refractivity contribution >= 4 is 17.3 Å². The van der Waals surface area contributed by atoms with Crippen LogP contribution in [0.3, 0.4) is 0 Å². The summed E-state index contributed by atoms with van der Waals surface area (Å²) >= 11 is 0. The summed E-state index contributed by atoms with van der Waals surface area (Å²) in [6.45, 7) is 3.93. The SMILES string of the molecule is CN=C(NCc1cccc([N+](=O)[O-])c1)N1CCN(c2cccc(OC)c2)CC1. The number of nitro benzene ring substituents is 1. The zero-order chi connectivity index (χ0) is 19.9. The number of hydrogen-bond donors (Lipinski definition) is 1. The Kier molecular flexibility index (Phi) is 6.31. The van der Waals surface area contributed by atoms with Gasteiger partial charge >= 0.3 is 0 Å². The molecule has 1 N–H and O–H groups in total. The van der Waals surface area contributed by atoms with Crippen LogP contribution in [0.2, 0.25) is 0 Å². The van der Waals surface area contributed by atoms with Crippen LogP contribution in [0.25, 0.3) is 0 Å². The first-order chi connectivity index (χ1) is 13.6. The van der Waals surface area contributed by atoms with Crippen molar-refractivity contribution in [1.82, 2.24) is 10.2 Å². The number of rotatable bonds is 5. The number of nitrogens with one attached hydrogen (secondary N) is 1. The van der Waals surface area contributed by atoms with Crippen molar-refractivity contribution in [3.8, 4) is 5.75 Å². The maximum absolute atomic E-state index is 10.9. The van der Waals surface area contributed by atoms with E-state index in [0.29, 0.717) is 6.54 Å². The Hall–Kier alpha value is -3.29. The molecule has 3 rings (SSSR count). The molecule has 0 aromatic heterocycles. The van der Waals surface area contributed by atoms with Gasteiger partial charge in [0.15, 0.2) is 5.96 Å². The molecule has 1 fully saturated rings. The molecule has 2 aromatic carbocycles. The molecule has 28 heavy (non-hydrogen) atoms. The summed E-state index contributed by atoms with van der Waals surface area (Å²) in [4.78, 5) is 19.4. The van der Waals surface area contributed by atoms with E-state index in [0.717, 1.165) is 49.1 Å². The van der Waals surface area contributed by atoms with Crippen molar-refractivity contribution in [2.24, 2.45) is 4.99 Å². The van der Waals surface area contributed by atoms with E-state index in [1.54, 1.807) is 26.3 Å². The number of nitrogens with zero attached hydrogens (tertiary/aromatic N) is 4. The van der Waals surface area contributed by atoms with E-state index in [1.807, 2.05) is 24.3 Å². The lowest BCUT2D eigenvalue weighted by Crippen LogP contribution is -2.52. The fourth-order valence-corrected chi connectivity index (χ4v) is 3.28. The van der Waals surface area contributed by atoms with Crippen molar-refractivity contribution in [3.63, 3.8) is 0 Å². The Morgan fingerprint density at radius 1 is 1.18 bits per heavy atom. The van der Waals surface area contributed by atoms with Crippen molar-refractivity contribution in [2.75, 3.05) is 45.2 Å². The molecule has 148 valence electrons. The molecule has 8 heteroatoms. The monoisotopic (exact) mass is 383 g/mol. The standard InChI is InChI=1S/C20H25N5O3/c1-21-20(22-15-16-5-3-7-18(13-16)25(26)27)24-11-9-23(10-12-24)17-6-4-8-19(14-17)28-2/h3-8,13-14H,9-12,15H2,1-2H3,(H,21,22). The summed E-state index contributed by atoms with van der Waals surface area (Å²) in [5, 5.41) is 14.2. The Balaban J connectivity index is 1.56. The Morgan fingerprint density at radius 2 is 1.93 bits per heavy atom. The molecule has 1 aliphatic rings. The van der Waals surface area contributed by atoms with E-state index in [4.69, 9.17) is 4.74 Å². The predicted octanol–water partition coefficient (Wildman–Crippen LogP) is 2.50. The van der Waals surface area contributed by atoms with Gasteiger partial charge in [0.25, 0.3) is 5.69 Å². The van der Waals surface area contributed by atoms with Gasteiger partial charge in [-0.1, -0.05) is 18.2 Å². The predicted molar refractivity (Wildman–Crippen MR) is 110 cm³/mol. The summed E-state index contributed by atoms with van der Waals surface area (Å²) in [5.74, 6) is 1.66. The van der Waals surface area contributed by atoms with Gasteiger partial charge in [-0.3, -0.25) is 15.1 Å². The second-order valence-corrected chi connectivity index (χ2v) is 6.50. The summed E-state index contributed by atoms with van der Waals surface area (Å²) in [5.41, 5.74) is 2.10. The van der Waals surface area contributed by atoms with E-state index >= 15 is 0 Å². The summed E-state index contributed by atoms with van der Waals surface area (Å²) < 4.78 is 5.31. The highest BCUT2D eigenvalue weighted by molar-refractivity contribution is 5.80. The molecule has 0 unspecified atom stereocenters. The molecule has 0 amide bonds. The number of guanidine groups is 1. The number of aliphatic imine (C=N–C) groups is 1. The van der Waals surface area contributed by atoms with Gasteiger partial charge in [-0.15, -0.1) is 0 Å². The average molecular weight is 383 g/mol. The maximum atomic E-state index is 10.9. The van der Waals surface area contributed by atoms with Crippen molar-refractivity contribution in [1.29, 1.82) is 0 Å². The zero-order valence-corrected chi connectivity index (χ0v) is 16.2. The van der Waals surface area contributed by atoms with Crippen LogP contribution in [0.1, 0.15) is 5.56 Å². The molecule has 1 heterocycles. The smallest absolute Gasteiger partial charge is 0.269 e. The normalized spacial score (nSPS) is 14.7. The molecule has 0 bridgehead atoms. The summed E-state index contributed by atoms with van der Waals surface area (Å²) in [6, 6.07) is 14.7. The average Bonchev–Trinajstić information content (AvgIpc) is 2.75. The fraction of sp³-hybridized carbons (Fsp3) is 0.350. The second-order valence-electron chi connectivity index (χ2n) is 6.50. The van der Waals surface area contributed by atoms with Crippen molar-refractivity contribution < 1.29 is 9.66 Å². The van der Waals surface area contributed by atoms with Gasteiger partial charge in [0.05, 0.1) is 12.0 Å². The number of nitro groups is 1. The van der Waals surface area contributed by atoms with E-state index in [2.05, 4.69) is 26.2 Å². The first kappa shape index (κ1) is 19.5. The second kappa shape index (κ2) is 9.07. The third kappa shape index (κ3) is 4.70. The zero-order valence-electron chi connectivity index (χ0n) is 16.2. The highest BCUT2D eigenvalue weighted by Crippen LogP contribution is 2.22. The molecule has 0 atom stereocenters. The Labute approximate surface area is 164 Å². The minimum atomic E-state index is -0.379. The van der Waals surface area contributed by atoms with Crippen LogP contribution in [0.4, 0.5) is 11.4 Å². The van der Waals surface area contributed by atoms with E-state index in [1.165, 1.54) is 6.07 Å². The lowest BCUT2D eigenvalue weighted by atomic mass is 10.2. The fourth-order valence-electron chi connectivity index (χ4n) is 3.28. The van der Waals surface area contributed by atoms with E-state index in [9.17, 15) is 10.1 Å². The molecular formula is C20H25N5O3. The summed E-state index contributed by atoms with van der Waals surface area (Å²) in [6.07, 6.45) is 0. The first-order valence-corrected chi connectivity index (χ1v) is 9.18. The molecule has 1 saturated heterocycles. The molecule has 0 saturated carbocycles. The lowest BCUT2D eigenvalue weighted by molar-refractivity contribution is -0.384. The van der Waals surface area contributed by atoms with Gasteiger partial charge in [0.1, 0.15) is 5.75 Å². The summed E-state index contributed by atoms with van der Waals surface area (Å²) in [7, 11) is 3.43. The minimum Gasteiger partial charge on any atom is -0.497 e. The lowest BCUT2D eigenvalue weighted by Gasteiger charge is -2.37. The first-order valence-electron chi connectivity index (χ1n) is 9.18. The Bertz CT molecular complexity index is 847. The van der Waals surface area contributed by atoms with Crippen LogP contribution < -0.4 is 15.0 Å². The van der Waals surface area contributed by atoms with Crippen LogP contribution in [-0.2, 0) is 6.54 Å². The molecule has 0 aliphatic carbocycles. The Morgan fingerprint density at radius 3 is 2.61 bits per heavy atom. The molecule has 0 radical (unpaired) electrons. The van der Waals surface area contributed by atoms with Crippen LogP contribution in [0.15, 0.2) is 53.5 Å². The van der Waals surface area contributed by atoms with Crippen LogP contribution in [0.5, 0.6) is 5.75 Å². The highest BCUT2D eigenvalue weighted by atomic mass is 16.6. The van der Waals surface area contributed by atoms with Gasteiger partial charge in [-0.2, -0.15) is 0 Å². The van der Waals surface area contributed by atoms with E-state index in [-0.39, 0.29) is 10.6 Å². The topological polar surface area (TPSA) is 83.2 Å². The molecule has 8 nitrogen and oxygen atoms in total. The van der Waals surface area contributed by atoms with Gasteiger partial charge in [0.2, 0.25) is 0 Å². The largest absolute Gasteiger partial charge is 0.497 e. The number of non-ortho nitro benzene ring substituents is 1. The van der Waals surface area contributed by atoms with Crippen LogP contribution >= 0.6 is 0 Å². The minimum absolute atomic E-state index is 0.0983. The number of benzene rings is 2. The third-order valence-corrected chi connectivity index (χ3v) is 4.78. The number of methoxy groups -OCH3 is 1. The molecule has 1 aliphatic heterocycles. The van der Waals surface area contributed by atoms with Crippen molar-refractivity contribution in [3.05, 3.63) is 64.2 Å². The maximum Gasteiger partial charge on any atom is 0.269 e. The third-order valence-electron chi connectivity index (χ3n) is 4.78. The van der Waals surface area contributed by atoms with Gasteiger partial charge in [-0.25, -0.2) is 0 Å². The molecule has 0 spiro atoms.